The third-order valence-corrected chi connectivity index (χ3v) is 3.90. The molecule has 0 fully saturated rings. The SMILES string of the molecule is Cc1cc(Cl)ccc1NC(=O)c1cccc(C(=O)NCCN(C)C)c1. The van der Waals surface area contributed by atoms with E-state index in [1.807, 2.05) is 25.9 Å². The maximum atomic E-state index is 12.4. The van der Waals surface area contributed by atoms with Crippen molar-refractivity contribution in [1.29, 1.82) is 0 Å². The van der Waals surface area contributed by atoms with Crippen molar-refractivity contribution in [3.63, 3.8) is 0 Å². The fourth-order valence-electron chi connectivity index (χ4n) is 2.26. The second-order valence-corrected chi connectivity index (χ2v) is 6.49. The van der Waals surface area contributed by atoms with Crippen LogP contribution < -0.4 is 10.6 Å². The van der Waals surface area contributed by atoms with Gasteiger partial charge < -0.3 is 15.5 Å². The molecule has 2 aromatic carbocycles. The number of rotatable bonds is 6. The smallest absolute Gasteiger partial charge is 0.255 e. The average molecular weight is 360 g/mol. The maximum Gasteiger partial charge on any atom is 0.255 e. The zero-order chi connectivity index (χ0) is 18.4. The molecule has 132 valence electrons. The zero-order valence-electron chi connectivity index (χ0n) is 14.6. The Bertz CT molecular complexity index is 775. The highest BCUT2D eigenvalue weighted by molar-refractivity contribution is 6.30. The molecule has 0 aromatic heterocycles. The highest BCUT2D eigenvalue weighted by Gasteiger charge is 2.11. The van der Waals surface area contributed by atoms with Gasteiger partial charge in [0.05, 0.1) is 0 Å². The van der Waals surface area contributed by atoms with E-state index in [0.717, 1.165) is 12.1 Å². The Labute approximate surface area is 153 Å². The zero-order valence-corrected chi connectivity index (χ0v) is 15.4. The van der Waals surface area contributed by atoms with E-state index in [4.69, 9.17) is 11.6 Å². The summed E-state index contributed by atoms with van der Waals surface area (Å²) in [6.45, 7) is 3.17. The van der Waals surface area contributed by atoms with Crippen molar-refractivity contribution in [2.24, 2.45) is 0 Å². The predicted octanol–water partition coefficient (Wildman–Crippen LogP) is 3.19. The second kappa shape index (κ2) is 8.65. The summed E-state index contributed by atoms with van der Waals surface area (Å²) >= 11 is 5.93. The molecule has 0 aliphatic heterocycles. The van der Waals surface area contributed by atoms with E-state index < -0.39 is 0 Å². The summed E-state index contributed by atoms with van der Waals surface area (Å²) in [5.41, 5.74) is 2.45. The van der Waals surface area contributed by atoms with Crippen LogP contribution in [-0.2, 0) is 0 Å². The molecule has 0 spiro atoms. The van der Waals surface area contributed by atoms with Gasteiger partial charge >= 0.3 is 0 Å². The van der Waals surface area contributed by atoms with Gasteiger partial charge in [0.25, 0.3) is 11.8 Å². The topological polar surface area (TPSA) is 61.4 Å². The molecule has 2 rings (SSSR count). The number of carbonyl (C=O) groups is 2. The molecular weight excluding hydrogens is 338 g/mol. The average Bonchev–Trinajstić information content (AvgIpc) is 2.57. The third kappa shape index (κ3) is 5.59. The van der Waals surface area contributed by atoms with Gasteiger partial charge in [-0.25, -0.2) is 0 Å². The first kappa shape index (κ1) is 19.0. The molecule has 2 N–H and O–H groups in total. The Balaban J connectivity index is 2.06. The molecule has 2 amide bonds. The van der Waals surface area contributed by atoms with Gasteiger partial charge in [0.15, 0.2) is 0 Å². The molecule has 25 heavy (non-hydrogen) atoms. The lowest BCUT2D eigenvalue weighted by molar-refractivity contribution is 0.0951. The first-order chi connectivity index (χ1) is 11.9. The first-order valence-electron chi connectivity index (χ1n) is 7.97. The van der Waals surface area contributed by atoms with Gasteiger partial charge in [-0.3, -0.25) is 9.59 Å². The van der Waals surface area contributed by atoms with E-state index in [1.54, 1.807) is 42.5 Å². The predicted molar refractivity (Wildman–Crippen MR) is 101 cm³/mol. The summed E-state index contributed by atoms with van der Waals surface area (Å²) in [5.74, 6) is -0.465. The van der Waals surface area contributed by atoms with Crippen LogP contribution in [-0.4, -0.2) is 43.9 Å². The molecule has 0 aliphatic carbocycles. The molecule has 5 nitrogen and oxygen atoms in total. The maximum absolute atomic E-state index is 12.4. The van der Waals surface area contributed by atoms with E-state index in [1.165, 1.54) is 0 Å². The summed E-state index contributed by atoms with van der Waals surface area (Å²) in [5, 5.41) is 6.29. The number of nitrogens with zero attached hydrogens (tertiary/aromatic N) is 1. The summed E-state index contributed by atoms with van der Waals surface area (Å²) in [4.78, 5) is 26.6. The van der Waals surface area contributed by atoms with Crippen LogP contribution in [0.3, 0.4) is 0 Å². The summed E-state index contributed by atoms with van der Waals surface area (Å²) in [6, 6.07) is 11.9. The molecule has 0 saturated carbocycles. The number of amides is 2. The highest BCUT2D eigenvalue weighted by atomic mass is 35.5. The van der Waals surface area contributed by atoms with Crippen LogP contribution in [0.15, 0.2) is 42.5 Å². The standard InChI is InChI=1S/C19H22ClN3O2/c1-13-11-16(20)7-8-17(13)22-19(25)15-6-4-5-14(12-15)18(24)21-9-10-23(2)3/h4-8,11-12H,9-10H2,1-3H3,(H,21,24)(H,22,25). The number of halogens is 1. The number of hydrogen-bond acceptors (Lipinski definition) is 3. The van der Waals surface area contributed by atoms with Crippen LogP contribution in [0.4, 0.5) is 5.69 Å². The molecule has 0 bridgehead atoms. The fourth-order valence-corrected chi connectivity index (χ4v) is 2.49. The number of aryl methyl sites for hydroxylation is 1. The molecule has 0 saturated heterocycles. The van der Waals surface area contributed by atoms with Crippen LogP contribution >= 0.6 is 11.6 Å². The number of hydrogen-bond donors (Lipinski definition) is 2. The van der Waals surface area contributed by atoms with Crippen LogP contribution in [0.2, 0.25) is 5.02 Å². The molecule has 6 heteroatoms. The fraction of sp³-hybridized carbons (Fsp3) is 0.263. The van der Waals surface area contributed by atoms with Gasteiger partial charge in [-0.1, -0.05) is 17.7 Å². The van der Waals surface area contributed by atoms with Crippen LogP contribution in [0.5, 0.6) is 0 Å². The van der Waals surface area contributed by atoms with Gasteiger partial charge in [0.1, 0.15) is 0 Å². The minimum atomic E-state index is -0.270. The number of anilines is 1. The number of likely N-dealkylation sites (N-methyl/N-ethyl adjacent to an activating group) is 1. The van der Waals surface area contributed by atoms with Crippen LogP contribution in [0, 0.1) is 6.92 Å². The van der Waals surface area contributed by atoms with Crippen LogP contribution in [0.25, 0.3) is 0 Å². The van der Waals surface area contributed by atoms with E-state index in [9.17, 15) is 9.59 Å². The molecule has 2 aromatic rings. The van der Waals surface area contributed by atoms with E-state index >= 15 is 0 Å². The van der Waals surface area contributed by atoms with Gasteiger partial charge in [-0.2, -0.15) is 0 Å². The van der Waals surface area contributed by atoms with E-state index in [0.29, 0.717) is 28.4 Å². The third-order valence-electron chi connectivity index (χ3n) is 3.67. The Kier molecular flexibility index (Phi) is 6.56. The highest BCUT2D eigenvalue weighted by Crippen LogP contribution is 2.20. The second-order valence-electron chi connectivity index (χ2n) is 6.05. The lowest BCUT2D eigenvalue weighted by Gasteiger charge is -2.11. The van der Waals surface area contributed by atoms with E-state index in [2.05, 4.69) is 10.6 Å². The van der Waals surface area contributed by atoms with Gasteiger partial charge in [0, 0.05) is 34.9 Å². The normalized spacial score (nSPS) is 10.6. The minimum Gasteiger partial charge on any atom is -0.351 e. The summed E-state index contributed by atoms with van der Waals surface area (Å²) in [6.07, 6.45) is 0. The largest absolute Gasteiger partial charge is 0.351 e. The molecule has 0 atom stereocenters. The summed E-state index contributed by atoms with van der Waals surface area (Å²) < 4.78 is 0. The van der Waals surface area contributed by atoms with Crippen molar-refractivity contribution in [2.75, 3.05) is 32.5 Å². The lowest BCUT2D eigenvalue weighted by atomic mass is 10.1. The number of benzene rings is 2. The Morgan fingerprint density at radius 2 is 1.72 bits per heavy atom. The monoisotopic (exact) mass is 359 g/mol. The molecule has 0 aliphatic rings. The Hall–Kier alpha value is -2.37. The number of nitrogens with one attached hydrogen (secondary N) is 2. The van der Waals surface area contributed by atoms with Crippen molar-refractivity contribution in [2.45, 2.75) is 6.92 Å². The van der Waals surface area contributed by atoms with Crippen molar-refractivity contribution in [3.05, 3.63) is 64.2 Å². The molecule has 0 heterocycles. The van der Waals surface area contributed by atoms with E-state index in [-0.39, 0.29) is 11.8 Å². The van der Waals surface area contributed by atoms with Crippen molar-refractivity contribution >= 4 is 29.1 Å². The quantitative estimate of drug-likeness (QED) is 0.832. The van der Waals surface area contributed by atoms with Crippen molar-refractivity contribution in [1.82, 2.24) is 10.2 Å². The number of carbonyl (C=O) groups excluding carboxylic acids is 2. The van der Waals surface area contributed by atoms with Gasteiger partial charge in [0.2, 0.25) is 0 Å². The summed E-state index contributed by atoms with van der Waals surface area (Å²) in [7, 11) is 3.88. The van der Waals surface area contributed by atoms with Crippen molar-refractivity contribution < 1.29 is 9.59 Å². The Morgan fingerprint density at radius 1 is 1.04 bits per heavy atom. The minimum absolute atomic E-state index is 0.195. The van der Waals surface area contributed by atoms with Crippen molar-refractivity contribution in [3.8, 4) is 0 Å². The Morgan fingerprint density at radius 3 is 2.36 bits per heavy atom. The van der Waals surface area contributed by atoms with Gasteiger partial charge in [-0.15, -0.1) is 0 Å². The lowest BCUT2D eigenvalue weighted by Crippen LogP contribution is -2.31. The molecule has 0 radical (unpaired) electrons. The molecule has 0 unspecified atom stereocenters. The first-order valence-corrected chi connectivity index (χ1v) is 8.35. The molecular formula is C19H22ClN3O2. The van der Waals surface area contributed by atoms with Gasteiger partial charge in [-0.05, 0) is 63.0 Å². The van der Waals surface area contributed by atoms with Crippen LogP contribution in [0.1, 0.15) is 26.3 Å².